The number of hydrogen-bond donors (Lipinski definition) is 1. The Morgan fingerprint density at radius 3 is 2.95 bits per heavy atom. The van der Waals surface area contributed by atoms with Gasteiger partial charge >= 0.3 is 5.97 Å². The summed E-state index contributed by atoms with van der Waals surface area (Å²) in [5.74, 6) is 0.275. The Hall–Kier alpha value is -3.33. The van der Waals surface area contributed by atoms with Crippen LogP contribution in [0.15, 0.2) is 47.1 Å². The van der Waals surface area contributed by atoms with E-state index in [4.69, 9.17) is 14.4 Å². The first-order chi connectivity index (χ1) is 10.7. The van der Waals surface area contributed by atoms with Crippen molar-refractivity contribution in [2.45, 2.75) is 6.92 Å². The van der Waals surface area contributed by atoms with Crippen LogP contribution in [0.5, 0.6) is 5.75 Å². The Balaban J connectivity index is 1.79. The molecule has 0 atom stereocenters. The highest BCUT2D eigenvalue weighted by Gasteiger charge is 2.15. The molecular formula is C16H11N3O3. The number of benzene rings is 1. The number of carbonyl (C=O) groups excluding carboxylic acids is 1. The van der Waals surface area contributed by atoms with Gasteiger partial charge in [0.25, 0.3) is 0 Å². The number of rotatable bonds is 3. The molecule has 1 N–H and O–H groups in total. The van der Waals surface area contributed by atoms with Crippen LogP contribution in [-0.2, 0) is 0 Å². The zero-order chi connectivity index (χ0) is 15.5. The van der Waals surface area contributed by atoms with Crippen molar-refractivity contribution in [2.75, 3.05) is 0 Å². The Morgan fingerprint density at radius 2 is 2.23 bits per heavy atom. The topological polar surface area (TPSA) is 91.9 Å². The van der Waals surface area contributed by atoms with Crippen molar-refractivity contribution in [1.82, 2.24) is 10.2 Å². The van der Waals surface area contributed by atoms with Gasteiger partial charge in [0.05, 0.1) is 17.9 Å². The van der Waals surface area contributed by atoms with E-state index < -0.39 is 5.97 Å². The summed E-state index contributed by atoms with van der Waals surface area (Å²) < 4.78 is 10.4. The molecule has 0 aliphatic rings. The zero-order valence-corrected chi connectivity index (χ0v) is 11.7. The standard InChI is InChI=1S/C16H11N3O3/c1-10-4-5-12(7-11(10)9-17)22-16(20)14-8-13(18-19-14)15-3-2-6-21-15/h2-8H,1H3,(H,18,19). The molecule has 2 heterocycles. The summed E-state index contributed by atoms with van der Waals surface area (Å²) in [6.45, 7) is 1.81. The highest BCUT2D eigenvalue weighted by atomic mass is 16.5. The number of ether oxygens (including phenoxy) is 1. The van der Waals surface area contributed by atoms with Crippen LogP contribution in [0.4, 0.5) is 0 Å². The average molecular weight is 293 g/mol. The minimum absolute atomic E-state index is 0.200. The highest BCUT2D eigenvalue weighted by Crippen LogP contribution is 2.20. The predicted octanol–water partition coefficient (Wildman–Crippen LogP) is 3.07. The van der Waals surface area contributed by atoms with E-state index in [0.29, 0.717) is 22.8 Å². The number of H-pyrrole nitrogens is 1. The van der Waals surface area contributed by atoms with Crippen LogP contribution < -0.4 is 4.74 Å². The van der Waals surface area contributed by atoms with Gasteiger partial charge < -0.3 is 9.15 Å². The molecular weight excluding hydrogens is 282 g/mol. The van der Waals surface area contributed by atoms with E-state index in [0.717, 1.165) is 5.56 Å². The summed E-state index contributed by atoms with van der Waals surface area (Å²) in [4.78, 5) is 12.1. The summed E-state index contributed by atoms with van der Waals surface area (Å²) in [6, 6.07) is 12.0. The van der Waals surface area contributed by atoms with Gasteiger partial charge in [-0.2, -0.15) is 10.4 Å². The van der Waals surface area contributed by atoms with Crippen LogP contribution in [-0.4, -0.2) is 16.2 Å². The molecule has 0 aliphatic heterocycles. The summed E-state index contributed by atoms with van der Waals surface area (Å²) in [6.07, 6.45) is 1.53. The smallest absolute Gasteiger partial charge is 0.361 e. The number of nitrogens with one attached hydrogen (secondary N) is 1. The number of aromatic amines is 1. The lowest BCUT2D eigenvalue weighted by atomic mass is 10.1. The fourth-order valence-corrected chi connectivity index (χ4v) is 1.92. The van der Waals surface area contributed by atoms with Gasteiger partial charge in [0.15, 0.2) is 5.76 Å². The van der Waals surface area contributed by atoms with Gasteiger partial charge in [-0.05, 0) is 36.8 Å². The number of esters is 1. The third-order valence-corrected chi connectivity index (χ3v) is 3.11. The van der Waals surface area contributed by atoms with E-state index in [1.165, 1.54) is 12.3 Å². The first-order valence-electron chi connectivity index (χ1n) is 6.49. The SMILES string of the molecule is Cc1ccc(OC(=O)c2cc(-c3ccco3)n[nH]2)cc1C#N. The van der Waals surface area contributed by atoms with Gasteiger partial charge in [-0.1, -0.05) is 6.07 Å². The van der Waals surface area contributed by atoms with Crippen molar-refractivity contribution in [1.29, 1.82) is 5.26 Å². The number of carbonyl (C=O) groups is 1. The molecule has 3 rings (SSSR count). The first kappa shape index (κ1) is 13.6. The molecule has 6 nitrogen and oxygen atoms in total. The molecule has 1 aromatic carbocycles. The van der Waals surface area contributed by atoms with Gasteiger partial charge in [0.2, 0.25) is 0 Å². The maximum absolute atomic E-state index is 12.1. The number of nitriles is 1. The average Bonchev–Trinajstić information content (AvgIpc) is 3.19. The quantitative estimate of drug-likeness (QED) is 0.591. The molecule has 22 heavy (non-hydrogen) atoms. The van der Waals surface area contributed by atoms with Crippen molar-refractivity contribution in [3.05, 3.63) is 59.5 Å². The largest absolute Gasteiger partial charge is 0.463 e. The van der Waals surface area contributed by atoms with Crippen molar-refractivity contribution >= 4 is 5.97 Å². The summed E-state index contributed by atoms with van der Waals surface area (Å²) >= 11 is 0. The van der Waals surface area contributed by atoms with E-state index in [1.807, 2.05) is 13.0 Å². The lowest BCUT2D eigenvalue weighted by molar-refractivity contribution is 0.0728. The summed E-state index contributed by atoms with van der Waals surface area (Å²) in [5.41, 5.74) is 2.00. The molecule has 0 radical (unpaired) electrons. The van der Waals surface area contributed by atoms with Crippen molar-refractivity contribution in [2.24, 2.45) is 0 Å². The normalized spacial score (nSPS) is 10.2. The molecule has 0 fully saturated rings. The Labute approximate surface area is 125 Å². The fraction of sp³-hybridized carbons (Fsp3) is 0.0625. The maximum atomic E-state index is 12.1. The van der Waals surface area contributed by atoms with E-state index in [1.54, 1.807) is 30.3 Å². The number of aromatic nitrogens is 2. The Bertz CT molecular complexity index is 857. The van der Waals surface area contributed by atoms with Crippen LogP contribution in [0.25, 0.3) is 11.5 Å². The molecule has 108 valence electrons. The molecule has 0 spiro atoms. The Kier molecular flexibility index (Phi) is 3.46. The van der Waals surface area contributed by atoms with Crippen LogP contribution in [0.3, 0.4) is 0 Å². The maximum Gasteiger partial charge on any atom is 0.361 e. The third-order valence-electron chi connectivity index (χ3n) is 3.11. The third kappa shape index (κ3) is 2.60. The van der Waals surface area contributed by atoms with E-state index in [9.17, 15) is 4.79 Å². The molecule has 0 saturated heterocycles. The monoisotopic (exact) mass is 293 g/mol. The molecule has 0 saturated carbocycles. The first-order valence-corrected chi connectivity index (χ1v) is 6.49. The lowest BCUT2D eigenvalue weighted by Gasteiger charge is -2.04. The van der Waals surface area contributed by atoms with Gasteiger partial charge in [-0.25, -0.2) is 4.79 Å². The predicted molar refractivity (Wildman–Crippen MR) is 77.1 cm³/mol. The fourth-order valence-electron chi connectivity index (χ4n) is 1.92. The minimum atomic E-state index is -0.585. The van der Waals surface area contributed by atoms with Crippen molar-refractivity contribution in [3.8, 4) is 23.3 Å². The van der Waals surface area contributed by atoms with Crippen LogP contribution >= 0.6 is 0 Å². The van der Waals surface area contributed by atoms with Crippen molar-refractivity contribution in [3.63, 3.8) is 0 Å². The Morgan fingerprint density at radius 1 is 1.36 bits per heavy atom. The molecule has 0 bridgehead atoms. The highest BCUT2D eigenvalue weighted by molar-refractivity contribution is 5.90. The summed E-state index contributed by atoms with van der Waals surface area (Å²) in [5, 5.41) is 15.6. The summed E-state index contributed by atoms with van der Waals surface area (Å²) in [7, 11) is 0. The second kappa shape index (κ2) is 5.58. The lowest BCUT2D eigenvalue weighted by Crippen LogP contribution is -2.09. The zero-order valence-electron chi connectivity index (χ0n) is 11.7. The molecule has 6 heteroatoms. The number of aryl methyl sites for hydroxylation is 1. The van der Waals surface area contributed by atoms with Crippen LogP contribution in [0.1, 0.15) is 21.6 Å². The van der Waals surface area contributed by atoms with Crippen LogP contribution in [0, 0.1) is 18.3 Å². The van der Waals surface area contributed by atoms with E-state index in [-0.39, 0.29) is 5.69 Å². The second-order valence-corrected chi connectivity index (χ2v) is 4.62. The van der Waals surface area contributed by atoms with E-state index in [2.05, 4.69) is 10.2 Å². The van der Waals surface area contributed by atoms with Gasteiger partial charge in [0.1, 0.15) is 17.1 Å². The number of nitrogens with zero attached hydrogens (tertiary/aromatic N) is 2. The van der Waals surface area contributed by atoms with Gasteiger partial charge in [-0.15, -0.1) is 0 Å². The van der Waals surface area contributed by atoms with Crippen LogP contribution in [0.2, 0.25) is 0 Å². The molecule has 0 aliphatic carbocycles. The van der Waals surface area contributed by atoms with Gasteiger partial charge in [-0.3, -0.25) is 5.10 Å². The van der Waals surface area contributed by atoms with E-state index >= 15 is 0 Å². The molecule has 0 unspecified atom stereocenters. The number of hydrogen-bond acceptors (Lipinski definition) is 5. The number of furan rings is 1. The minimum Gasteiger partial charge on any atom is -0.463 e. The second-order valence-electron chi connectivity index (χ2n) is 4.62. The van der Waals surface area contributed by atoms with Crippen molar-refractivity contribution < 1.29 is 13.9 Å². The molecule has 3 aromatic rings. The van der Waals surface area contributed by atoms with Gasteiger partial charge in [0, 0.05) is 6.07 Å². The molecule has 0 amide bonds. The molecule has 2 aromatic heterocycles.